The maximum Gasteiger partial charge on any atom is 0.128 e. The van der Waals surface area contributed by atoms with E-state index in [-0.39, 0.29) is 0 Å². The lowest BCUT2D eigenvalue weighted by Crippen LogP contribution is -2.36. The Labute approximate surface area is 121 Å². The van der Waals surface area contributed by atoms with Gasteiger partial charge in [0.1, 0.15) is 5.82 Å². The molecule has 1 aromatic rings. The molecular weight excluding hydrogens is 250 g/mol. The van der Waals surface area contributed by atoms with Gasteiger partial charge >= 0.3 is 0 Å². The molecule has 0 aromatic carbocycles. The second kappa shape index (κ2) is 7.04. The van der Waals surface area contributed by atoms with Crippen molar-refractivity contribution in [2.24, 2.45) is 0 Å². The number of rotatable bonds is 4. The third-order valence-electron chi connectivity index (χ3n) is 4.34. The average Bonchev–Trinajstić information content (AvgIpc) is 2.55. The number of piperidine rings is 1. The van der Waals surface area contributed by atoms with Crippen LogP contribution in [0.1, 0.15) is 31.2 Å². The number of nitrogens with one attached hydrogen (secondary N) is 1. The van der Waals surface area contributed by atoms with Crippen molar-refractivity contribution >= 4 is 5.82 Å². The molecule has 3 heterocycles. The molecule has 1 atom stereocenters. The number of morpholine rings is 1. The lowest BCUT2D eigenvalue weighted by molar-refractivity contribution is 0.122. The Hall–Kier alpha value is -1.13. The van der Waals surface area contributed by atoms with E-state index in [4.69, 9.17) is 4.74 Å². The second-order valence-corrected chi connectivity index (χ2v) is 5.81. The van der Waals surface area contributed by atoms with Gasteiger partial charge in [-0.05, 0) is 49.9 Å². The molecule has 1 N–H and O–H groups in total. The summed E-state index contributed by atoms with van der Waals surface area (Å²) >= 11 is 0. The van der Waals surface area contributed by atoms with Gasteiger partial charge < -0.3 is 15.0 Å². The molecule has 2 fully saturated rings. The molecule has 3 rings (SSSR count). The first-order valence-electron chi connectivity index (χ1n) is 7.93. The van der Waals surface area contributed by atoms with E-state index < -0.39 is 0 Å². The van der Waals surface area contributed by atoms with Gasteiger partial charge in [0.25, 0.3) is 0 Å². The van der Waals surface area contributed by atoms with Gasteiger partial charge in [0.2, 0.25) is 0 Å². The lowest BCUT2D eigenvalue weighted by atomic mass is 9.98. The van der Waals surface area contributed by atoms with Gasteiger partial charge in [0.15, 0.2) is 0 Å². The SMILES string of the molecule is c1cc(CCC2CCCCN2)cc(N2CCOCC2)n1. The van der Waals surface area contributed by atoms with Crippen LogP contribution >= 0.6 is 0 Å². The Balaban J connectivity index is 1.56. The number of hydrogen-bond acceptors (Lipinski definition) is 4. The summed E-state index contributed by atoms with van der Waals surface area (Å²) in [6, 6.07) is 5.13. The number of aromatic nitrogens is 1. The molecule has 2 aliphatic heterocycles. The number of hydrogen-bond donors (Lipinski definition) is 1. The smallest absolute Gasteiger partial charge is 0.128 e. The summed E-state index contributed by atoms with van der Waals surface area (Å²) in [5.41, 5.74) is 1.41. The summed E-state index contributed by atoms with van der Waals surface area (Å²) in [7, 11) is 0. The molecule has 0 amide bonds. The first-order valence-corrected chi connectivity index (χ1v) is 7.93. The predicted molar refractivity (Wildman–Crippen MR) is 81.2 cm³/mol. The molecule has 0 saturated carbocycles. The Morgan fingerprint density at radius 1 is 1.30 bits per heavy atom. The van der Waals surface area contributed by atoms with Crippen LogP contribution in [-0.2, 0) is 11.2 Å². The van der Waals surface area contributed by atoms with Crippen molar-refractivity contribution in [2.45, 2.75) is 38.1 Å². The molecule has 4 nitrogen and oxygen atoms in total. The van der Waals surface area contributed by atoms with Crippen molar-refractivity contribution in [2.75, 3.05) is 37.7 Å². The van der Waals surface area contributed by atoms with Crippen LogP contribution in [0.3, 0.4) is 0 Å². The fourth-order valence-electron chi connectivity index (χ4n) is 3.09. The normalized spacial score (nSPS) is 23.8. The van der Waals surface area contributed by atoms with Crippen molar-refractivity contribution in [3.05, 3.63) is 23.9 Å². The minimum Gasteiger partial charge on any atom is -0.378 e. The van der Waals surface area contributed by atoms with Gasteiger partial charge in [-0.25, -0.2) is 4.98 Å². The predicted octanol–water partition coefficient (Wildman–Crippen LogP) is 1.99. The molecule has 0 radical (unpaired) electrons. The number of anilines is 1. The minimum absolute atomic E-state index is 0.712. The van der Waals surface area contributed by atoms with Crippen LogP contribution in [0.15, 0.2) is 18.3 Å². The highest BCUT2D eigenvalue weighted by Gasteiger charge is 2.14. The summed E-state index contributed by atoms with van der Waals surface area (Å²) in [6.07, 6.45) is 8.40. The molecule has 1 aromatic heterocycles. The van der Waals surface area contributed by atoms with Gasteiger partial charge in [-0.3, -0.25) is 0 Å². The van der Waals surface area contributed by atoms with E-state index in [9.17, 15) is 0 Å². The Morgan fingerprint density at radius 2 is 2.20 bits per heavy atom. The third-order valence-corrected chi connectivity index (χ3v) is 4.34. The van der Waals surface area contributed by atoms with Gasteiger partial charge in [0, 0.05) is 25.3 Å². The summed E-state index contributed by atoms with van der Waals surface area (Å²) in [5, 5.41) is 3.62. The van der Waals surface area contributed by atoms with E-state index in [0.717, 1.165) is 38.5 Å². The molecule has 0 bridgehead atoms. The molecule has 0 spiro atoms. The van der Waals surface area contributed by atoms with Crippen LogP contribution in [0.5, 0.6) is 0 Å². The molecule has 1 unspecified atom stereocenters. The molecule has 2 saturated heterocycles. The van der Waals surface area contributed by atoms with E-state index in [1.165, 1.54) is 37.8 Å². The molecule has 110 valence electrons. The standard InChI is InChI=1S/C16H25N3O/c1-2-7-17-15(3-1)5-4-14-6-8-18-16(13-14)19-9-11-20-12-10-19/h6,8,13,15,17H,1-5,7,9-12H2. The van der Waals surface area contributed by atoms with E-state index in [1.807, 2.05) is 6.20 Å². The van der Waals surface area contributed by atoms with Crippen molar-refractivity contribution in [1.82, 2.24) is 10.3 Å². The molecule has 2 aliphatic rings. The van der Waals surface area contributed by atoms with Gasteiger partial charge in [-0.1, -0.05) is 6.42 Å². The van der Waals surface area contributed by atoms with Crippen LogP contribution in [0.25, 0.3) is 0 Å². The van der Waals surface area contributed by atoms with E-state index in [1.54, 1.807) is 0 Å². The zero-order chi connectivity index (χ0) is 13.6. The van der Waals surface area contributed by atoms with E-state index in [0.29, 0.717) is 6.04 Å². The van der Waals surface area contributed by atoms with Crippen molar-refractivity contribution in [3.63, 3.8) is 0 Å². The van der Waals surface area contributed by atoms with Crippen LogP contribution in [0.2, 0.25) is 0 Å². The van der Waals surface area contributed by atoms with Crippen molar-refractivity contribution in [3.8, 4) is 0 Å². The maximum absolute atomic E-state index is 5.40. The largest absolute Gasteiger partial charge is 0.378 e. The molecule has 20 heavy (non-hydrogen) atoms. The number of aryl methyl sites for hydroxylation is 1. The Morgan fingerprint density at radius 3 is 3.00 bits per heavy atom. The summed E-state index contributed by atoms with van der Waals surface area (Å²) in [6.45, 7) is 4.75. The van der Waals surface area contributed by atoms with Gasteiger partial charge in [0.05, 0.1) is 13.2 Å². The van der Waals surface area contributed by atoms with E-state index in [2.05, 4.69) is 27.3 Å². The molecular formula is C16H25N3O. The van der Waals surface area contributed by atoms with Crippen LogP contribution < -0.4 is 10.2 Å². The fraction of sp³-hybridized carbons (Fsp3) is 0.688. The number of pyridine rings is 1. The van der Waals surface area contributed by atoms with Crippen molar-refractivity contribution in [1.29, 1.82) is 0 Å². The van der Waals surface area contributed by atoms with Crippen molar-refractivity contribution < 1.29 is 4.74 Å². The number of ether oxygens (including phenoxy) is 1. The fourth-order valence-corrected chi connectivity index (χ4v) is 3.09. The highest BCUT2D eigenvalue weighted by molar-refractivity contribution is 5.41. The van der Waals surface area contributed by atoms with E-state index >= 15 is 0 Å². The van der Waals surface area contributed by atoms with Crippen LogP contribution in [0.4, 0.5) is 5.82 Å². The highest BCUT2D eigenvalue weighted by Crippen LogP contribution is 2.17. The maximum atomic E-state index is 5.40. The second-order valence-electron chi connectivity index (χ2n) is 5.81. The first-order chi connectivity index (χ1) is 9.92. The van der Waals surface area contributed by atoms with Crippen LogP contribution in [-0.4, -0.2) is 43.9 Å². The van der Waals surface area contributed by atoms with Gasteiger partial charge in [-0.15, -0.1) is 0 Å². The summed E-state index contributed by atoms with van der Waals surface area (Å²) < 4.78 is 5.40. The topological polar surface area (TPSA) is 37.4 Å². The Bertz CT molecular complexity index is 412. The quantitative estimate of drug-likeness (QED) is 0.912. The zero-order valence-electron chi connectivity index (χ0n) is 12.2. The van der Waals surface area contributed by atoms with Crippen LogP contribution in [0, 0.1) is 0 Å². The first kappa shape index (κ1) is 13.8. The molecule has 0 aliphatic carbocycles. The summed E-state index contributed by atoms with van der Waals surface area (Å²) in [5.74, 6) is 1.11. The molecule has 4 heteroatoms. The number of nitrogens with zero attached hydrogens (tertiary/aromatic N) is 2. The monoisotopic (exact) mass is 275 g/mol. The lowest BCUT2D eigenvalue weighted by Gasteiger charge is -2.28. The Kier molecular flexibility index (Phi) is 4.87. The minimum atomic E-state index is 0.712. The highest BCUT2D eigenvalue weighted by atomic mass is 16.5. The summed E-state index contributed by atoms with van der Waals surface area (Å²) in [4.78, 5) is 6.84. The van der Waals surface area contributed by atoms with Gasteiger partial charge in [-0.2, -0.15) is 0 Å². The average molecular weight is 275 g/mol. The third kappa shape index (κ3) is 3.70. The zero-order valence-corrected chi connectivity index (χ0v) is 12.2.